The quantitative estimate of drug-likeness (QED) is 0.918. The Morgan fingerprint density at radius 3 is 2.90 bits per heavy atom. The fraction of sp³-hybridized carbons (Fsp3) is 0.231. The lowest BCUT2D eigenvalue weighted by Gasteiger charge is -2.08. The van der Waals surface area contributed by atoms with E-state index < -0.39 is 5.82 Å². The minimum absolute atomic E-state index is 0.0286. The first-order valence-corrected chi connectivity index (χ1v) is 6.31. The van der Waals surface area contributed by atoms with Crippen LogP contribution in [0, 0.1) is 5.82 Å². The zero-order valence-electron chi connectivity index (χ0n) is 10.8. The van der Waals surface area contributed by atoms with Crippen molar-refractivity contribution in [1.29, 1.82) is 0 Å². The second kappa shape index (κ2) is 6.49. The predicted molar refractivity (Wildman–Crippen MR) is 73.3 cm³/mol. The number of hydrogen-bond acceptors (Lipinski definition) is 5. The van der Waals surface area contributed by atoms with Crippen LogP contribution >= 0.6 is 11.6 Å². The zero-order chi connectivity index (χ0) is 14.5. The summed E-state index contributed by atoms with van der Waals surface area (Å²) in [7, 11) is 0. The molecule has 0 saturated carbocycles. The summed E-state index contributed by atoms with van der Waals surface area (Å²) in [5, 5.41) is -0.0286. The van der Waals surface area contributed by atoms with E-state index in [1.807, 2.05) is 6.92 Å². The van der Waals surface area contributed by atoms with Gasteiger partial charge in [0.2, 0.25) is 5.88 Å². The molecule has 0 aliphatic heterocycles. The maximum absolute atomic E-state index is 13.7. The summed E-state index contributed by atoms with van der Waals surface area (Å²) >= 11 is 5.68. The van der Waals surface area contributed by atoms with Gasteiger partial charge in [0.1, 0.15) is 12.4 Å². The maximum atomic E-state index is 13.7. The lowest BCUT2D eigenvalue weighted by Crippen LogP contribution is -2.04. The largest absolute Gasteiger partial charge is 0.436 e. The van der Waals surface area contributed by atoms with Gasteiger partial charge in [0, 0.05) is 12.7 Å². The lowest BCUT2D eigenvalue weighted by atomic mass is 10.3. The van der Waals surface area contributed by atoms with Gasteiger partial charge in [-0.2, -0.15) is 4.98 Å². The van der Waals surface area contributed by atoms with Crippen LogP contribution in [0.1, 0.15) is 12.7 Å². The number of nitrogens with two attached hydrogens (primary N) is 1. The highest BCUT2D eigenvalue weighted by Gasteiger charge is 2.11. The van der Waals surface area contributed by atoms with Crippen LogP contribution in [0.3, 0.4) is 0 Å². The molecule has 0 atom stereocenters. The number of benzene rings is 1. The average Bonchev–Trinajstić information content (AvgIpc) is 2.41. The molecule has 1 aromatic carbocycles. The highest BCUT2D eigenvalue weighted by molar-refractivity contribution is 6.30. The minimum Gasteiger partial charge on any atom is -0.436 e. The van der Waals surface area contributed by atoms with Gasteiger partial charge in [0.15, 0.2) is 17.4 Å². The summed E-state index contributed by atoms with van der Waals surface area (Å²) in [6.45, 7) is 2.58. The Morgan fingerprint density at radius 2 is 2.15 bits per heavy atom. The highest BCUT2D eigenvalue weighted by atomic mass is 35.5. The van der Waals surface area contributed by atoms with E-state index >= 15 is 0 Å². The second-order valence-electron chi connectivity index (χ2n) is 3.84. The topological polar surface area (TPSA) is 70.3 Å². The number of nitrogen functional groups attached to an aromatic ring is 1. The molecule has 0 radical (unpaired) electrons. The maximum Gasteiger partial charge on any atom is 0.224 e. The molecule has 0 spiro atoms. The van der Waals surface area contributed by atoms with Crippen LogP contribution in [0.4, 0.5) is 10.2 Å². The molecular weight excluding hydrogens is 285 g/mol. The van der Waals surface area contributed by atoms with Crippen molar-refractivity contribution < 1.29 is 13.9 Å². The second-order valence-corrected chi connectivity index (χ2v) is 4.25. The summed E-state index contributed by atoms with van der Waals surface area (Å²) in [6, 6.07) is 5.85. The molecule has 1 heterocycles. The molecule has 7 heteroatoms. The van der Waals surface area contributed by atoms with Gasteiger partial charge in [-0.1, -0.05) is 17.7 Å². The SMILES string of the molecule is CCOCc1nc(N)cc(Oc2cccc(Cl)c2F)n1. The fourth-order valence-corrected chi connectivity index (χ4v) is 1.64. The van der Waals surface area contributed by atoms with Gasteiger partial charge in [0.25, 0.3) is 0 Å². The Labute approximate surface area is 120 Å². The molecule has 0 bridgehead atoms. The van der Waals surface area contributed by atoms with Crippen molar-refractivity contribution in [1.82, 2.24) is 9.97 Å². The van der Waals surface area contributed by atoms with E-state index in [0.29, 0.717) is 12.4 Å². The number of anilines is 1. The normalized spacial score (nSPS) is 10.6. The van der Waals surface area contributed by atoms with E-state index in [1.54, 1.807) is 6.07 Å². The van der Waals surface area contributed by atoms with Gasteiger partial charge in [-0.05, 0) is 19.1 Å². The molecule has 106 valence electrons. The number of rotatable bonds is 5. The van der Waals surface area contributed by atoms with Crippen LogP contribution in [0.15, 0.2) is 24.3 Å². The summed E-state index contributed by atoms with van der Waals surface area (Å²) < 4.78 is 24.3. The van der Waals surface area contributed by atoms with Gasteiger partial charge < -0.3 is 15.2 Å². The standard InChI is InChI=1S/C13H13ClFN3O2/c1-2-19-7-11-17-10(16)6-12(18-11)20-9-5-3-4-8(14)13(9)15/h3-6H,2,7H2,1H3,(H2,16,17,18). The van der Waals surface area contributed by atoms with E-state index in [2.05, 4.69) is 9.97 Å². The van der Waals surface area contributed by atoms with Crippen LogP contribution < -0.4 is 10.5 Å². The van der Waals surface area contributed by atoms with E-state index in [1.165, 1.54) is 18.2 Å². The predicted octanol–water partition coefficient (Wildman–Crippen LogP) is 3.18. The molecule has 2 N–H and O–H groups in total. The third-order valence-electron chi connectivity index (χ3n) is 2.33. The molecule has 0 amide bonds. The van der Waals surface area contributed by atoms with Crippen molar-refractivity contribution in [2.75, 3.05) is 12.3 Å². The summed E-state index contributed by atoms with van der Waals surface area (Å²) in [5.74, 6) is 0.0282. The number of aromatic nitrogens is 2. The first kappa shape index (κ1) is 14.5. The van der Waals surface area contributed by atoms with Gasteiger partial charge in [-0.15, -0.1) is 0 Å². The van der Waals surface area contributed by atoms with Gasteiger partial charge in [0.05, 0.1) is 5.02 Å². The van der Waals surface area contributed by atoms with Gasteiger partial charge in [-0.3, -0.25) is 0 Å². The van der Waals surface area contributed by atoms with Crippen LogP contribution in [0.5, 0.6) is 11.6 Å². The van der Waals surface area contributed by atoms with E-state index in [9.17, 15) is 4.39 Å². The molecule has 2 rings (SSSR count). The fourth-order valence-electron chi connectivity index (χ4n) is 1.48. The first-order chi connectivity index (χ1) is 9.60. The summed E-state index contributed by atoms with van der Waals surface area (Å²) in [4.78, 5) is 8.08. The molecule has 2 aromatic rings. The van der Waals surface area contributed by atoms with Crippen molar-refractivity contribution in [3.05, 3.63) is 40.9 Å². The third-order valence-corrected chi connectivity index (χ3v) is 2.63. The van der Waals surface area contributed by atoms with E-state index in [-0.39, 0.29) is 29.1 Å². The van der Waals surface area contributed by atoms with E-state index in [0.717, 1.165) is 0 Å². The summed E-state index contributed by atoms with van der Waals surface area (Å²) in [5.41, 5.74) is 5.65. The first-order valence-electron chi connectivity index (χ1n) is 5.93. The molecule has 20 heavy (non-hydrogen) atoms. The Kier molecular flexibility index (Phi) is 4.70. The molecule has 1 aromatic heterocycles. The molecule has 0 aliphatic carbocycles. The molecule has 5 nitrogen and oxygen atoms in total. The van der Waals surface area contributed by atoms with Crippen molar-refractivity contribution in [2.45, 2.75) is 13.5 Å². The summed E-state index contributed by atoms with van der Waals surface area (Å²) in [6.07, 6.45) is 0. The van der Waals surface area contributed by atoms with Gasteiger partial charge in [-0.25, -0.2) is 9.37 Å². The Morgan fingerprint density at radius 1 is 1.35 bits per heavy atom. The Bertz CT molecular complexity index is 610. The van der Waals surface area contributed by atoms with Crippen molar-refractivity contribution in [3.8, 4) is 11.6 Å². The van der Waals surface area contributed by atoms with Crippen LogP contribution in [-0.4, -0.2) is 16.6 Å². The van der Waals surface area contributed by atoms with Crippen LogP contribution in [-0.2, 0) is 11.3 Å². The average molecular weight is 298 g/mol. The lowest BCUT2D eigenvalue weighted by molar-refractivity contribution is 0.128. The smallest absolute Gasteiger partial charge is 0.224 e. The molecule has 0 unspecified atom stereocenters. The number of hydrogen-bond donors (Lipinski definition) is 1. The van der Waals surface area contributed by atoms with Crippen molar-refractivity contribution >= 4 is 17.4 Å². The Balaban J connectivity index is 2.24. The molecule has 0 aliphatic rings. The monoisotopic (exact) mass is 297 g/mol. The van der Waals surface area contributed by atoms with Crippen molar-refractivity contribution in [3.63, 3.8) is 0 Å². The number of ether oxygens (including phenoxy) is 2. The van der Waals surface area contributed by atoms with Crippen molar-refractivity contribution in [2.24, 2.45) is 0 Å². The molecule has 0 saturated heterocycles. The zero-order valence-corrected chi connectivity index (χ0v) is 11.5. The highest BCUT2D eigenvalue weighted by Crippen LogP contribution is 2.28. The number of nitrogens with zero attached hydrogens (tertiary/aromatic N) is 2. The van der Waals surface area contributed by atoms with Crippen LogP contribution in [0.25, 0.3) is 0 Å². The minimum atomic E-state index is -0.655. The Hall–Kier alpha value is -1.92. The van der Waals surface area contributed by atoms with E-state index in [4.69, 9.17) is 26.8 Å². The van der Waals surface area contributed by atoms with Gasteiger partial charge >= 0.3 is 0 Å². The molecule has 0 fully saturated rings. The third kappa shape index (κ3) is 3.55. The van der Waals surface area contributed by atoms with Crippen LogP contribution in [0.2, 0.25) is 5.02 Å². The number of halogens is 2. The molecular formula is C13H13ClFN3O2.